The van der Waals surface area contributed by atoms with E-state index in [1.165, 1.54) is 16.8 Å². The average molecular weight is 368 g/mol. The van der Waals surface area contributed by atoms with Gasteiger partial charge in [0.15, 0.2) is 5.82 Å². The molecule has 10 heteroatoms. The molecule has 3 heterocycles. The van der Waals surface area contributed by atoms with Gasteiger partial charge in [-0.2, -0.15) is 9.29 Å². The maximum Gasteiger partial charge on any atom is 0.257 e. The Morgan fingerprint density at radius 1 is 1.40 bits per heavy atom. The maximum atomic E-state index is 12.4. The third-order valence-electron chi connectivity index (χ3n) is 4.20. The summed E-state index contributed by atoms with van der Waals surface area (Å²) in [5, 5.41) is 3.78. The van der Waals surface area contributed by atoms with Crippen LogP contribution in [0.3, 0.4) is 0 Å². The number of aromatic nitrogens is 2. The third kappa shape index (κ3) is 3.74. The van der Waals surface area contributed by atoms with Crippen LogP contribution < -0.4 is 0 Å². The van der Waals surface area contributed by atoms with Crippen LogP contribution in [0.2, 0.25) is 0 Å². The predicted molar refractivity (Wildman–Crippen MR) is 87.4 cm³/mol. The molecule has 0 saturated carbocycles. The van der Waals surface area contributed by atoms with Gasteiger partial charge in [0.1, 0.15) is 5.76 Å². The first kappa shape index (κ1) is 17.6. The van der Waals surface area contributed by atoms with Crippen LogP contribution in [-0.4, -0.2) is 65.6 Å². The quantitative estimate of drug-likeness (QED) is 0.734. The molecule has 1 saturated heterocycles. The zero-order valence-corrected chi connectivity index (χ0v) is 15.1. The van der Waals surface area contributed by atoms with Crippen molar-refractivity contribution in [2.45, 2.75) is 26.3 Å². The van der Waals surface area contributed by atoms with E-state index in [4.69, 9.17) is 8.94 Å². The molecule has 1 aliphatic rings. The van der Waals surface area contributed by atoms with Gasteiger partial charge in [0.2, 0.25) is 15.9 Å². The lowest BCUT2D eigenvalue weighted by molar-refractivity contribution is 0.0452. The molecule has 2 aromatic heterocycles. The minimum Gasteiger partial charge on any atom is -0.469 e. The number of hydrogen-bond donors (Lipinski definition) is 0. The van der Waals surface area contributed by atoms with Crippen LogP contribution in [0.5, 0.6) is 0 Å². The molecule has 1 amide bonds. The second kappa shape index (κ2) is 6.60. The predicted octanol–water partition coefficient (Wildman–Crippen LogP) is 0.608. The standard InChI is InChI=1S/C15H20N4O5S/c1-10-13(5-7-23-10)15(20)18-8-12(9-18)19(25(3,21)22)6-4-14-16-11(2)24-17-14/h5,7,12H,4,6,8-9H2,1-3H3. The highest BCUT2D eigenvalue weighted by atomic mass is 32.2. The molecule has 1 fully saturated rings. The van der Waals surface area contributed by atoms with Crippen molar-refractivity contribution >= 4 is 15.9 Å². The van der Waals surface area contributed by atoms with E-state index in [-0.39, 0.29) is 18.5 Å². The van der Waals surface area contributed by atoms with E-state index in [2.05, 4.69) is 10.1 Å². The van der Waals surface area contributed by atoms with Crippen molar-refractivity contribution in [3.05, 3.63) is 35.4 Å². The Bertz CT molecular complexity index is 866. The SMILES string of the molecule is Cc1nc(CCN(C2CN(C(=O)c3ccoc3C)C2)S(C)(=O)=O)no1. The number of carbonyl (C=O) groups excluding carboxylic acids is 1. The summed E-state index contributed by atoms with van der Waals surface area (Å²) in [7, 11) is -3.41. The van der Waals surface area contributed by atoms with Crippen LogP contribution in [-0.2, 0) is 16.4 Å². The number of aryl methyl sites for hydroxylation is 2. The number of amides is 1. The Hall–Kier alpha value is -2.20. The normalized spacial score (nSPS) is 15.6. The fourth-order valence-corrected chi connectivity index (χ4v) is 3.95. The molecule has 0 aliphatic carbocycles. The summed E-state index contributed by atoms with van der Waals surface area (Å²) in [5.41, 5.74) is 0.506. The van der Waals surface area contributed by atoms with Crippen molar-refractivity contribution in [1.82, 2.24) is 19.3 Å². The van der Waals surface area contributed by atoms with E-state index in [1.54, 1.807) is 24.8 Å². The summed E-state index contributed by atoms with van der Waals surface area (Å²) in [5.74, 6) is 1.31. The number of hydrogen-bond acceptors (Lipinski definition) is 7. The Balaban J connectivity index is 1.62. The van der Waals surface area contributed by atoms with Crippen molar-refractivity contribution in [3.8, 4) is 0 Å². The zero-order chi connectivity index (χ0) is 18.2. The van der Waals surface area contributed by atoms with Gasteiger partial charge in [-0.25, -0.2) is 8.42 Å². The average Bonchev–Trinajstić information content (AvgIpc) is 3.07. The van der Waals surface area contributed by atoms with Crippen molar-refractivity contribution in [3.63, 3.8) is 0 Å². The minimum atomic E-state index is -3.41. The molecule has 0 atom stereocenters. The van der Waals surface area contributed by atoms with Gasteiger partial charge in [-0.05, 0) is 13.0 Å². The second-order valence-corrected chi connectivity index (χ2v) is 8.04. The van der Waals surface area contributed by atoms with Crippen LogP contribution in [0.25, 0.3) is 0 Å². The fraction of sp³-hybridized carbons (Fsp3) is 0.533. The third-order valence-corrected chi connectivity index (χ3v) is 5.53. The molecule has 3 rings (SSSR count). The Morgan fingerprint density at radius 2 is 2.12 bits per heavy atom. The summed E-state index contributed by atoms with van der Waals surface area (Å²) in [6.45, 7) is 4.34. The van der Waals surface area contributed by atoms with Gasteiger partial charge in [-0.3, -0.25) is 4.79 Å². The lowest BCUT2D eigenvalue weighted by Crippen LogP contribution is -2.62. The number of sulfonamides is 1. The summed E-state index contributed by atoms with van der Waals surface area (Å²) in [6, 6.07) is 1.37. The smallest absolute Gasteiger partial charge is 0.257 e. The molecule has 9 nitrogen and oxygen atoms in total. The first-order valence-corrected chi connectivity index (χ1v) is 9.70. The highest BCUT2D eigenvalue weighted by molar-refractivity contribution is 7.88. The molecule has 0 unspecified atom stereocenters. The van der Waals surface area contributed by atoms with Gasteiger partial charge in [-0.1, -0.05) is 5.16 Å². The van der Waals surface area contributed by atoms with Gasteiger partial charge in [-0.15, -0.1) is 0 Å². The first-order valence-electron chi connectivity index (χ1n) is 7.85. The molecular weight excluding hydrogens is 348 g/mol. The van der Waals surface area contributed by atoms with Crippen molar-refractivity contribution < 1.29 is 22.2 Å². The maximum absolute atomic E-state index is 12.4. The minimum absolute atomic E-state index is 0.148. The van der Waals surface area contributed by atoms with Gasteiger partial charge in [0, 0.05) is 33.0 Å². The molecule has 136 valence electrons. The molecule has 25 heavy (non-hydrogen) atoms. The van der Waals surface area contributed by atoms with Crippen molar-refractivity contribution in [2.75, 3.05) is 25.9 Å². The van der Waals surface area contributed by atoms with E-state index < -0.39 is 10.0 Å². The number of nitrogens with zero attached hydrogens (tertiary/aromatic N) is 4. The number of carbonyl (C=O) groups is 1. The van der Waals surface area contributed by atoms with Gasteiger partial charge in [0.05, 0.1) is 24.1 Å². The van der Waals surface area contributed by atoms with Crippen LogP contribution >= 0.6 is 0 Å². The second-order valence-electron chi connectivity index (χ2n) is 6.11. The molecule has 0 N–H and O–H groups in total. The monoisotopic (exact) mass is 368 g/mol. The number of likely N-dealkylation sites (tertiary alicyclic amines) is 1. The molecule has 0 bridgehead atoms. The van der Waals surface area contributed by atoms with E-state index in [9.17, 15) is 13.2 Å². The topological polar surface area (TPSA) is 110 Å². The van der Waals surface area contributed by atoms with E-state index >= 15 is 0 Å². The highest BCUT2D eigenvalue weighted by Gasteiger charge is 2.39. The highest BCUT2D eigenvalue weighted by Crippen LogP contribution is 2.22. The summed E-state index contributed by atoms with van der Waals surface area (Å²) < 4.78 is 35.6. The number of rotatable bonds is 6. The summed E-state index contributed by atoms with van der Waals surface area (Å²) >= 11 is 0. The van der Waals surface area contributed by atoms with E-state index in [1.807, 2.05) is 0 Å². The van der Waals surface area contributed by atoms with Crippen molar-refractivity contribution in [2.24, 2.45) is 0 Å². The molecule has 2 aromatic rings. The lowest BCUT2D eigenvalue weighted by Gasteiger charge is -2.44. The van der Waals surface area contributed by atoms with Gasteiger partial charge < -0.3 is 13.8 Å². The fourth-order valence-electron chi connectivity index (χ4n) is 2.85. The van der Waals surface area contributed by atoms with Gasteiger partial charge >= 0.3 is 0 Å². The Labute approximate surface area is 145 Å². The lowest BCUT2D eigenvalue weighted by atomic mass is 10.1. The molecule has 0 spiro atoms. The van der Waals surface area contributed by atoms with Crippen molar-refractivity contribution in [1.29, 1.82) is 0 Å². The molecule has 0 radical (unpaired) electrons. The zero-order valence-electron chi connectivity index (χ0n) is 14.3. The van der Waals surface area contributed by atoms with Crippen LogP contribution in [0, 0.1) is 13.8 Å². The molecule has 0 aromatic carbocycles. The Morgan fingerprint density at radius 3 is 2.64 bits per heavy atom. The van der Waals surface area contributed by atoms with Crippen LogP contribution in [0.1, 0.15) is 27.8 Å². The summed E-state index contributed by atoms with van der Waals surface area (Å²) in [4.78, 5) is 18.1. The van der Waals surface area contributed by atoms with Crippen LogP contribution in [0.4, 0.5) is 0 Å². The molecular formula is C15H20N4O5S. The van der Waals surface area contributed by atoms with Crippen LogP contribution in [0.15, 0.2) is 21.3 Å². The summed E-state index contributed by atoms with van der Waals surface area (Å²) in [6.07, 6.45) is 2.99. The Kier molecular flexibility index (Phi) is 4.65. The van der Waals surface area contributed by atoms with Gasteiger partial charge in [0.25, 0.3) is 5.91 Å². The molecule has 1 aliphatic heterocycles. The number of furan rings is 1. The van der Waals surface area contributed by atoms with E-state index in [0.717, 1.165) is 0 Å². The van der Waals surface area contributed by atoms with E-state index in [0.29, 0.717) is 42.5 Å². The largest absolute Gasteiger partial charge is 0.469 e. The first-order chi connectivity index (χ1) is 11.8.